The van der Waals surface area contributed by atoms with Crippen molar-refractivity contribution in [3.8, 4) is 0 Å². The summed E-state index contributed by atoms with van der Waals surface area (Å²) in [6.07, 6.45) is 0. The Morgan fingerprint density at radius 1 is 1.70 bits per heavy atom. The third-order valence-electron chi connectivity index (χ3n) is 0.836. The average molecular weight is 237 g/mol. The zero-order valence-electron chi connectivity index (χ0n) is 5.60. The second kappa shape index (κ2) is 3.28. The molecule has 0 aromatic rings. The van der Waals surface area contributed by atoms with E-state index in [0.29, 0.717) is 0 Å². The lowest BCUT2D eigenvalue weighted by molar-refractivity contribution is 0.171. The second-order valence-corrected chi connectivity index (χ2v) is 5.85. The van der Waals surface area contributed by atoms with Crippen LogP contribution in [0.4, 0.5) is 8.78 Å². The first-order valence-corrected chi connectivity index (χ1v) is 5.46. The minimum absolute atomic E-state index is 0.0228. The summed E-state index contributed by atoms with van der Waals surface area (Å²) in [6, 6.07) is 0. The number of rotatable bonds is 3. The molecule has 0 bridgehead atoms. The van der Waals surface area contributed by atoms with Crippen LogP contribution < -0.4 is 0 Å². The highest BCUT2D eigenvalue weighted by atomic mass is 79.9. The standard InChI is InChI=1S/C4H8BrF2O2P/c1-3-9-10(2,8)4(5,6)7/h3H2,1-2H3. The van der Waals surface area contributed by atoms with Crippen LogP contribution in [0.5, 0.6) is 0 Å². The number of hydrogen-bond acceptors (Lipinski definition) is 2. The molecule has 0 radical (unpaired) electrons. The van der Waals surface area contributed by atoms with Gasteiger partial charge < -0.3 is 4.52 Å². The van der Waals surface area contributed by atoms with E-state index in [1.54, 1.807) is 0 Å². The molecule has 0 aliphatic heterocycles. The minimum atomic E-state index is -3.79. The van der Waals surface area contributed by atoms with Crippen LogP contribution in [0.25, 0.3) is 0 Å². The highest BCUT2D eigenvalue weighted by Crippen LogP contribution is 2.61. The summed E-state index contributed by atoms with van der Waals surface area (Å²) in [7, 11) is -3.79. The van der Waals surface area contributed by atoms with Gasteiger partial charge in [-0.1, -0.05) is 0 Å². The van der Waals surface area contributed by atoms with Gasteiger partial charge in [-0.05, 0) is 6.92 Å². The van der Waals surface area contributed by atoms with Crippen LogP contribution in [0.3, 0.4) is 0 Å². The Labute approximate surface area is 66.5 Å². The summed E-state index contributed by atoms with van der Waals surface area (Å²) in [4.78, 5) is 0. The first-order chi connectivity index (χ1) is 4.31. The summed E-state index contributed by atoms with van der Waals surface area (Å²) in [5.41, 5.74) is 0. The van der Waals surface area contributed by atoms with Crippen LogP contribution in [-0.2, 0) is 9.09 Å². The minimum Gasteiger partial charge on any atom is -0.324 e. The molecule has 0 saturated carbocycles. The Kier molecular flexibility index (Phi) is 3.46. The highest BCUT2D eigenvalue weighted by Gasteiger charge is 2.44. The molecule has 0 aliphatic carbocycles. The Hall–Kier alpha value is 0.530. The lowest BCUT2D eigenvalue weighted by atomic mass is 10.9. The van der Waals surface area contributed by atoms with E-state index in [1.807, 2.05) is 15.9 Å². The summed E-state index contributed by atoms with van der Waals surface area (Å²) in [5.74, 6) is 0. The van der Waals surface area contributed by atoms with Gasteiger partial charge in [-0.15, -0.1) is 0 Å². The van der Waals surface area contributed by atoms with Crippen LogP contribution in [0.2, 0.25) is 0 Å². The van der Waals surface area contributed by atoms with Gasteiger partial charge in [0.1, 0.15) is 0 Å². The fraction of sp³-hybridized carbons (Fsp3) is 1.00. The summed E-state index contributed by atoms with van der Waals surface area (Å²) in [5, 5.41) is 0. The van der Waals surface area contributed by atoms with E-state index in [9.17, 15) is 13.3 Å². The van der Waals surface area contributed by atoms with Crippen LogP contribution in [-0.4, -0.2) is 17.8 Å². The zero-order valence-corrected chi connectivity index (χ0v) is 8.09. The highest BCUT2D eigenvalue weighted by molar-refractivity contribution is 9.11. The average Bonchev–Trinajstić information content (AvgIpc) is 1.61. The quantitative estimate of drug-likeness (QED) is 0.557. The molecule has 1 atom stereocenters. The van der Waals surface area contributed by atoms with Crippen LogP contribution in [0.15, 0.2) is 0 Å². The van der Waals surface area contributed by atoms with Gasteiger partial charge in [0.15, 0.2) is 0 Å². The monoisotopic (exact) mass is 236 g/mol. The maximum atomic E-state index is 12.2. The Morgan fingerprint density at radius 3 is 2.20 bits per heavy atom. The van der Waals surface area contributed by atoms with Crippen LogP contribution >= 0.6 is 23.3 Å². The van der Waals surface area contributed by atoms with Crippen molar-refractivity contribution < 1.29 is 17.9 Å². The van der Waals surface area contributed by atoms with Crippen molar-refractivity contribution in [2.75, 3.05) is 13.3 Å². The molecule has 0 aromatic carbocycles. The normalized spacial score (nSPS) is 18.5. The maximum Gasteiger partial charge on any atom is 0.373 e. The molecule has 0 amide bonds. The smallest absolute Gasteiger partial charge is 0.324 e. The molecule has 0 rings (SSSR count). The molecule has 10 heavy (non-hydrogen) atoms. The van der Waals surface area contributed by atoms with Crippen LogP contribution in [0, 0.1) is 0 Å². The Balaban J connectivity index is 4.26. The number of halogens is 3. The van der Waals surface area contributed by atoms with Gasteiger partial charge in [-0.3, -0.25) is 4.57 Å². The molecule has 1 unspecified atom stereocenters. The molecule has 2 nitrogen and oxygen atoms in total. The lowest BCUT2D eigenvalue weighted by Crippen LogP contribution is -2.07. The van der Waals surface area contributed by atoms with Gasteiger partial charge in [0.2, 0.25) is 0 Å². The molecule has 0 aromatic heterocycles. The van der Waals surface area contributed by atoms with E-state index >= 15 is 0 Å². The molecule has 0 N–H and O–H groups in total. The van der Waals surface area contributed by atoms with E-state index in [1.165, 1.54) is 6.92 Å². The third kappa shape index (κ3) is 2.64. The van der Waals surface area contributed by atoms with Gasteiger partial charge >= 0.3 is 4.57 Å². The molecule has 0 aliphatic rings. The fourth-order valence-corrected chi connectivity index (χ4v) is 1.27. The van der Waals surface area contributed by atoms with Gasteiger partial charge in [-0.2, -0.15) is 8.78 Å². The molecule has 0 heterocycles. The van der Waals surface area contributed by atoms with E-state index in [-0.39, 0.29) is 6.61 Å². The lowest BCUT2D eigenvalue weighted by Gasteiger charge is -2.17. The van der Waals surface area contributed by atoms with Crippen molar-refractivity contribution >= 4 is 23.3 Å². The van der Waals surface area contributed by atoms with E-state index in [2.05, 4.69) is 4.52 Å². The van der Waals surface area contributed by atoms with Crippen molar-refractivity contribution in [1.82, 2.24) is 0 Å². The van der Waals surface area contributed by atoms with Crippen molar-refractivity contribution in [2.24, 2.45) is 0 Å². The van der Waals surface area contributed by atoms with E-state index < -0.39 is 11.9 Å². The van der Waals surface area contributed by atoms with Crippen molar-refractivity contribution in [3.63, 3.8) is 0 Å². The topological polar surface area (TPSA) is 26.3 Å². The SMILES string of the molecule is CCOP(C)(=O)C(F)(F)Br. The van der Waals surface area contributed by atoms with Gasteiger partial charge in [0.05, 0.1) is 6.61 Å². The summed E-state index contributed by atoms with van der Waals surface area (Å²) < 4.78 is 36.2. The summed E-state index contributed by atoms with van der Waals surface area (Å²) in [6.45, 7) is 2.43. The van der Waals surface area contributed by atoms with Crippen molar-refractivity contribution in [1.29, 1.82) is 0 Å². The Morgan fingerprint density at radius 2 is 2.10 bits per heavy atom. The van der Waals surface area contributed by atoms with Gasteiger partial charge in [0.25, 0.3) is 7.37 Å². The second-order valence-electron chi connectivity index (χ2n) is 1.73. The molecule has 62 valence electrons. The largest absolute Gasteiger partial charge is 0.373 e. The van der Waals surface area contributed by atoms with E-state index in [4.69, 9.17) is 0 Å². The number of hydrogen-bond donors (Lipinski definition) is 0. The van der Waals surface area contributed by atoms with E-state index in [0.717, 1.165) is 6.66 Å². The molecule has 0 saturated heterocycles. The maximum absolute atomic E-state index is 12.2. The predicted molar refractivity (Wildman–Crippen MR) is 39.0 cm³/mol. The number of alkyl halides is 3. The Bertz CT molecular complexity index is 156. The molecular formula is C4H8BrF2O2P. The van der Waals surface area contributed by atoms with Crippen LogP contribution in [0.1, 0.15) is 6.92 Å². The molecule has 6 heteroatoms. The predicted octanol–water partition coefficient (Wildman–Crippen LogP) is 2.88. The van der Waals surface area contributed by atoms with Gasteiger partial charge in [-0.25, -0.2) is 0 Å². The zero-order chi connectivity index (χ0) is 8.41. The molecule has 0 fully saturated rings. The molecular weight excluding hydrogens is 229 g/mol. The van der Waals surface area contributed by atoms with Crippen molar-refractivity contribution in [2.45, 2.75) is 11.5 Å². The first-order valence-electron chi connectivity index (χ1n) is 2.60. The fourth-order valence-electron chi connectivity index (χ4n) is 0.320. The van der Waals surface area contributed by atoms with Crippen molar-refractivity contribution in [3.05, 3.63) is 0 Å². The molecule has 0 spiro atoms. The first kappa shape index (κ1) is 10.5. The summed E-state index contributed by atoms with van der Waals surface area (Å²) >= 11 is 1.98. The van der Waals surface area contributed by atoms with Gasteiger partial charge in [0, 0.05) is 22.6 Å². The third-order valence-corrected chi connectivity index (χ3v) is 4.44.